The van der Waals surface area contributed by atoms with Crippen LogP contribution in [0.15, 0.2) is 16.7 Å². The first-order chi connectivity index (χ1) is 7.16. The maximum atomic E-state index is 5.77. The Bertz CT molecular complexity index is 319. The molecule has 0 saturated carbocycles. The van der Waals surface area contributed by atoms with Crippen molar-refractivity contribution < 1.29 is 4.42 Å². The molecule has 1 nitrogen and oxygen atoms in total. The van der Waals surface area contributed by atoms with Gasteiger partial charge in [0.05, 0.1) is 6.26 Å². The van der Waals surface area contributed by atoms with Gasteiger partial charge >= 0.3 is 0 Å². The van der Waals surface area contributed by atoms with E-state index in [2.05, 4.69) is 54.5 Å². The summed E-state index contributed by atoms with van der Waals surface area (Å²) in [7, 11) is 0. The van der Waals surface area contributed by atoms with Crippen LogP contribution in [0.1, 0.15) is 65.7 Å². The van der Waals surface area contributed by atoms with Gasteiger partial charge in [-0.15, -0.1) is 0 Å². The van der Waals surface area contributed by atoms with E-state index >= 15 is 0 Å². The molecule has 0 bridgehead atoms. The van der Waals surface area contributed by atoms with Gasteiger partial charge in [-0.05, 0) is 28.9 Å². The topological polar surface area (TPSA) is 13.1 Å². The third-order valence-corrected chi connectivity index (χ3v) is 3.10. The molecule has 0 amide bonds. The fourth-order valence-corrected chi connectivity index (χ4v) is 2.88. The standard InChI is InChI=1S/C15H26O/c1-8-11-9-12(16-10-11)13(14(2,3)4)15(5,6)7/h9-10,13H,8H2,1-7H3. The second kappa shape index (κ2) is 4.27. The normalized spacial score (nSPS) is 13.5. The lowest BCUT2D eigenvalue weighted by Crippen LogP contribution is -2.30. The Labute approximate surface area is 100 Å². The predicted molar refractivity (Wildman–Crippen MR) is 69.7 cm³/mol. The minimum absolute atomic E-state index is 0.223. The second-order valence-electron chi connectivity index (χ2n) is 6.88. The van der Waals surface area contributed by atoms with Gasteiger partial charge in [0.15, 0.2) is 0 Å². The summed E-state index contributed by atoms with van der Waals surface area (Å²) in [5.74, 6) is 1.58. The first kappa shape index (κ1) is 13.3. The van der Waals surface area contributed by atoms with Gasteiger partial charge in [-0.1, -0.05) is 48.5 Å². The smallest absolute Gasteiger partial charge is 0.108 e. The first-order valence-corrected chi connectivity index (χ1v) is 6.23. The maximum Gasteiger partial charge on any atom is 0.108 e. The summed E-state index contributed by atoms with van der Waals surface area (Å²) in [5, 5.41) is 0. The van der Waals surface area contributed by atoms with E-state index in [1.54, 1.807) is 0 Å². The Morgan fingerprint density at radius 2 is 1.56 bits per heavy atom. The number of hydrogen-bond acceptors (Lipinski definition) is 1. The molecule has 1 heteroatoms. The summed E-state index contributed by atoms with van der Waals surface area (Å²) in [6.07, 6.45) is 2.95. The van der Waals surface area contributed by atoms with Crippen molar-refractivity contribution in [2.45, 2.75) is 60.8 Å². The molecule has 1 aromatic heterocycles. The van der Waals surface area contributed by atoms with Crippen molar-refractivity contribution >= 4 is 0 Å². The van der Waals surface area contributed by atoms with E-state index in [0.717, 1.165) is 12.2 Å². The second-order valence-corrected chi connectivity index (χ2v) is 6.88. The van der Waals surface area contributed by atoms with Gasteiger partial charge in [-0.3, -0.25) is 0 Å². The molecule has 0 saturated heterocycles. The molecule has 1 rings (SSSR count). The first-order valence-electron chi connectivity index (χ1n) is 6.23. The van der Waals surface area contributed by atoms with E-state index in [-0.39, 0.29) is 10.8 Å². The minimum atomic E-state index is 0.223. The van der Waals surface area contributed by atoms with Crippen molar-refractivity contribution in [2.75, 3.05) is 0 Å². The van der Waals surface area contributed by atoms with Crippen LogP contribution in [0.25, 0.3) is 0 Å². The summed E-state index contributed by atoms with van der Waals surface area (Å²) in [6, 6.07) is 2.22. The third-order valence-electron chi connectivity index (χ3n) is 3.10. The van der Waals surface area contributed by atoms with Crippen LogP contribution >= 0.6 is 0 Å². The molecule has 0 aliphatic rings. The molecule has 0 unspecified atom stereocenters. The molecule has 0 aliphatic heterocycles. The summed E-state index contributed by atoms with van der Waals surface area (Å²) in [4.78, 5) is 0. The zero-order valence-electron chi connectivity index (χ0n) is 11.8. The van der Waals surface area contributed by atoms with E-state index in [0.29, 0.717) is 5.92 Å². The van der Waals surface area contributed by atoms with Gasteiger partial charge in [0.25, 0.3) is 0 Å². The molecule has 16 heavy (non-hydrogen) atoms. The molecule has 1 heterocycles. The molecule has 0 fully saturated rings. The average molecular weight is 222 g/mol. The van der Waals surface area contributed by atoms with Crippen LogP contribution in [0, 0.1) is 10.8 Å². The number of rotatable bonds is 2. The van der Waals surface area contributed by atoms with Gasteiger partial charge in [0, 0.05) is 5.92 Å². The van der Waals surface area contributed by atoms with Crippen LogP contribution in [-0.2, 0) is 6.42 Å². The quantitative estimate of drug-likeness (QED) is 0.685. The monoisotopic (exact) mass is 222 g/mol. The van der Waals surface area contributed by atoms with Crippen molar-refractivity contribution in [3.05, 3.63) is 23.7 Å². The largest absolute Gasteiger partial charge is 0.469 e. The van der Waals surface area contributed by atoms with Gasteiger partial charge in [-0.25, -0.2) is 0 Å². The zero-order chi connectivity index (χ0) is 12.6. The third kappa shape index (κ3) is 2.90. The van der Waals surface area contributed by atoms with Crippen LogP contribution in [-0.4, -0.2) is 0 Å². The molecule has 0 atom stereocenters. The van der Waals surface area contributed by atoms with E-state index in [1.807, 2.05) is 6.26 Å². The number of furan rings is 1. The fourth-order valence-electron chi connectivity index (χ4n) is 2.88. The maximum absolute atomic E-state index is 5.77. The molecule has 0 N–H and O–H groups in total. The summed E-state index contributed by atoms with van der Waals surface area (Å²) >= 11 is 0. The van der Waals surface area contributed by atoms with Crippen LogP contribution in [0.5, 0.6) is 0 Å². The van der Waals surface area contributed by atoms with Crippen LogP contribution in [0.4, 0.5) is 0 Å². The van der Waals surface area contributed by atoms with Gasteiger partial charge in [0.2, 0.25) is 0 Å². The molecule has 0 radical (unpaired) electrons. The lowest BCUT2D eigenvalue weighted by atomic mass is 9.65. The van der Waals surface area contributed by atoms with Crippen LogP contribution in [0.2, 0.25) is 0 Å². The summed E-state index contributed by atoms with van der Waals surface area (Å²) < 4.78 is 5.77. The lowest BCUT2D eigenvalue weighted by Gasteiger charge is -2.39. The van der Waals surface area contributed by atoms with Crippen LogP contribution in [0.3, 0.4) is 0 Å². The highest BCUT2D eigenvalue weighted by molar-refractivity contribution is 5.19. The highest BCUT2D eigenvalue weighted by Crippen LogP contribution is 2.47. The zero-order valence-corrected chi connectivity index (χ0v) is 11.8. The Hall–Kier alpha value is -0.720. The Kier molecular flexibility index (Phi) is 3.56. The van der Waals surface area contributed by atoms with E-state index < -0.39 is 0 Å². The van der Waals surface area contributed by atoms with Crippen molar-refractivity contribution in [2.24, 2.45) is 10.8 Å². The molecule has 0 spiro atoms. The minimum Gasteiger partial charge on any atom is -0.469 e. The van der Waals surface area contributed by atoms with E-state index in [9.17, 15) is 0 Å². The average Bonchev–Trinajstić information content (AvgIpc) is 2.47. The SMILES string of the molecule is CCc1coc(C(C(C)(C)C)C(C)(C)C)c1. The highest BCUT2D eigenvalue weighted by Gasteiger charge is 2.38. The van der Waals surface area contributed by atoms with Crippen molar-refractivity contribution in [3.63, 3.8) is 0 Å². The Balaban J connectivity index is 3.12. The molecular formula is C15H26O. The van der Waals surface area contributed by atoms with Crippen molar-refractivity contribution in [1.29, 1.82) is 0 Å². The molecule has 0 aliphatic carbocycles. The van der Waals surface area contributed by atoms with Gasteiger partial charge in [0.1, 0.15) is 5.76 Å². The van der Waals surface area contributed by atoms with Crippen molar-refractivity contribution in [3.8, 4) is 0 Å². The van der Waals surface area contributed by atoms with Gasteiger partial charge < -0.3 is 4.42 Å². The van der Waals surface area contributed by atoms with E-state index in [4.69, 9.17) is 4.42 Å². The lowest BCUT2D eigenvalue weighted by molar-refractivity contribution is 0.152. The summed E-state index contributed by atoms with van der Waals surface area (Å²) in [6.45, 7) is 15.9. The molecule has 92 valence electrons. The fraction of sp³-hybridized carbons (Fsp3) is 0.733. The number of aryl methyl sites for hydroxylation is 1. The predicted octanol–water partition coefficient (Wildman–Crippen LogP) is 5.02. The molecule has 0 aromatic carbocycles. The van der Waals surface area contributed by atoms with Gasteiger partial charge in [-0.2, -0.15) is 0 Å². The highest BCUT2D eigenvalue weighted by atomic mass is 16.3. The molecular weight excluding hydrogens is 196 g/mol. The summed E-state index contributed by atoms with van der Waals surface area (Å²) in [5.41, 5.74) is 1.75. The molecule has 1 aromatic rings. The van der Waals surface area contributed by atoms with Crippen LogP contribution < -0.4 is 0 Å². The number of hydrogen-bond donors (Lipinski definition) is 0. The Morgan fingerprint density at radius 1 is 1.06 bits per heavy atom. The van der Waals surface area contributed by atoms with E-state index in [1.165, 1.54) is 5.56 Å². The van der Waals surface area contributed by atoms with Crippen molar-refractivity contribution in [1.82, 2.24) is 0 Å². The Morgan fingerprint density at radius 3 is 1.88 bits per heavy atom.